The summed E-state index contributed by atoms with van der Waals surface area (Å²) in [5.74, 6) is 1.01. The van der Waals surface area contributed by atoms with Gasteiger partial charge in [-0.05, 0) is 55.5 Å². The summed E-state index contributed by atoms with van der Waals surface area (Å²) in [4.78, 5) is 14.1. The van der Waals surface area contributed by atoms with Crippen LogP contribution in [0.15, 0.2) is 22.7 Å². The Hall–Kier alpha value is -0.870. The van der Waals surface area contributed by atoms with Crippen LogP contribution in [-0.2, 0) is 11.2 Å². The third-order valence-corrected chi connectivity index (χ3v) is 4.14. The summed E-state index contributed by atoms with van der Waals surface area (Å²) in [6.07, 6.45) is 3.60. The monoisotopic (exact) mass is 308 g/mol. The fourth-order valence-corrected chi connectivity index (χ4v) is 2.84. The van der Waals surface area contributed by atoms with Crippen LogP contribution in [0.3, 0.4) is 0 Å². The van der Waals surface area contributed by atoms with Gasteiger partial charge in [-0.15, -0.1) is 0 Å². The van der Waals surface area contributed by atoms with Gasteiger partial charge in [-0.3, -0.25) is 4.79 Å². The first-order valence-corrected chi connectivity index (χ1v) is 7.33. The number of benzene rings is 1. The molecule has 0 saturated heterocycles. The highest BCUT2D eigenvalue weighted by atomic mass is 79.9. The van der Waals surface area contributed by atoms with Crippen molar-refractivity contribution in [3.8, 4) is 0 Å². The summed E-state index contributed by atoms with van der Waals surface area (Å²) >= 11 is 3.47. The van der Waals surface area contributed by atoms with Crippen molar-refractivity contribution in [2.75, 3.05) is 24.5 Å². The molecule has 1 aliphatic carbocycles. The number of nitrogens with one attached hydrogen (secondary N) is 1. The smallest absolute Gasteiger partial charge is 0.240 e. The number of hydrogen-bond donors (Lipinski definition) is 1. The minimum atomic E-state index is 0.191. The average Bonchev–Trinajstić information content (AvgIpc) is 3.07. The van der Waals surface area contributed by atoms with E-state index in [-0.39, 0.29) is 5.91 Å². The van der Waals surface area contributed by atoms with Crippen LogP contribution >= 0.6 is 15.9 Å². The molecule has 4 heteroatoms. The van der Waals surface area contributed by atoms with E-state index in [4.69, 9.17) is 0 Å². The van der Waals surface area contributed by atoms with Gasteiger partial charge in [0.1, 0.15) is 0 Å². The summed E-state index contributed by atoms with van der Waals surface area (Å²) in [5.41, 5.74) is 2.34. The zero-order valence-electron chi connectivity index (χ0n) is 10.3. The van der Waals surface area contributed by atoms with Gasteiger partial charge in [0.2, 0.25) is 5.91 Å². The van der Waals surface area contributed by atoms with Gasteiger partial charge in [0.25, 0.3) is 0 Å². The molecule has 1 N–H and O–H groups in total. The number of rotatable bonds is 4. The second-order valence-corrected chi connectivity index (χ2v) is 6.06. The quantitative estimate of drug-likeness (QED) is 0.926. The van der Waals surface area contributed by atoms with E-state index in [1.54, 1.807) is 0 Å². The standard InChI is InChI=1S/C14H17BrN2O/c15-12-3-4-13-11(7-12)5-6-17(13)14(18)9-16-8-10-1-2-10/h3-4,7,10,16H,1-2,5-6,8-9H2. The summed E-state index contributed by atoms with van der Waals surface area (Å²) < 4.78 is 1.09. The van der Waals surface area contributed by atoms with E-state index in [2.05, 4.69) is 27.3 Å². The van der Waals surface area contributed by atoms with Crippen LogP contribution < -0.4 is 10.2 Å². The van der Waals surface area contributed by atoms with Gasteiger partial charge in [-0.1, -0.05) is 15.9 Å². The minimum absolute atomic E-state index is 0.191. The van der Waals surface area contributed by atoms with Crippen LogP contribution in [-0.4, -0.2) is 25.5 Å². The van der Waals surface area contributed by atoms with E-state index in [1.807, 2.05) is 17.0 Å². The van der Waals surface area contributed by atoms with Gasteiger partial charge >= 0.3 is 0 Å². The van der Waals surface area contributed by atoms with Crippen molar-refractivity contribution in [1.29, 1.82) is 0 Å². The zero-order valence-corrected chi connectivity index (χ0v) is 11.9. The van der Waals surface area contributed by atoms with E-state index in [0.717, 1.165) is 35.6 Å². The Morgan fingerprint density at radius 1 is 1.44 bits per heavy atom. The van der Waals surface area contributed by atoms with Gasteiger partial charge in [0.05, 0.1) is 6.54 Å². The predicted octanol–water partition coefficient (Wildman–Crippen LogP) is 2.34. The lowest BCUT2D eigenvalue weighted by molar-refractivity contribution is -0.117. The van der Waals surface area contributed by atoms with Crippen molar-refractivity contribution in [3.05, 3.63) is 28.2 Å². The molecular formula is C14H17BrN2O. The van der Waals surface area contributed by atoms with Crippen molar-refractivity contribution in [1.82, 2.24) is 5.32 Å². The summed E-state index contributed by atoms with van der Waals surface area (Å²) in [5, 5.41) is 3.27. The molecule has 0 aromatic heterocycles. The highest BCUT2D eigenvalue weighted by Crippen LogP contribution is 2.30. The SMILES string of the molecule is O=C(CNCC1CC1)N1CCc2cc(Br)ccc21. The van der Waals surface area contributed by atoms with E-state index >= 15 is 0 Å². The minimum Gasteiger partial charge on any atom is -0.311 e. The maximum Gasteiger partial charge on any atom is 0.240 e. The topological polar surface area (TPSA) is 32.3 Å². The molecule has 0 bridgehead atoms. The molecule has 2 aliphatic rings. The first-order chi connectivity index (χ1) is 8.74. The van der Waals surface area contributed by atoms with Gasteiger partial charge < -0.3 is 10.2 Å². The number of fused-ring (bicyclic) bond motifs is 1. The Morgan fingerprint density at radius 2 is 2.28 bits per heavy atom. The Kier molecular flexibility index (Phi) is 3.39. The van der Waals surface area contributed by atoms with Crippen LogP contribution in [0, 0.1) is 5.92 Å². The molecule has 96 valence electrons. The third kappa shape index (κ3) is 2.59. The summed E-state index contributed by atoms with van der Waals surface area (Å²) in [6, 6.07) is 6.15. The lowest BCUT2D eigenvalue weighted by Gasteiger charge is -2.17. The second-order valence-electron chi connectivity index (χ2n) is 5.14. The van der Waals surface area contributed by atoms with Gasteiger partial charge in [0, 0.05) is 16.7 Å². The molecule has 3 rings (SSSR count). The number of hydrogen-bond acceptors (Lipinski definition) is 2. The highest BCUT2D eigenvalue weighted by Gasteiger charge is 2.25. The molecular weight excluding hydrogens is 292 g/mol. The van der Waals surface area contributed by atoms with E-state index in [1.165, 1.54) is 18.4 Å². The molecule has 3 nitrogen and oxygen atoms in total. The molecule has 1 saturated carbocycles. The van der Waals surface area contributed by atoms with Crippen LogP contribution in [0.4, 0.5) is 5.69 Å². The van der Waals surface area contributed by atoms with E-state index < -0.39 is 0 Å². The van der Waals surface area contributed by atoms with Crippen molar-refractivity contribution in [2.24, 2.45) is 5.92 Å². The Balaban J connectivity index is 1.61. The maximum absolute atomic E-state index is 12.1. The molecule has 1 aliphatic heterocycles. The molecule has 0 unspecified atom stereocenters. The van der Waals surface area contributed by atoms with Gasteiger partial charge in [-0.2, -0.15) is 0 Å². The van der Waals surface area contributed by atoms with Crippen molar-refractivity contribution in [3.63, 3.8) is 0 Å². The zero-order chi connectivity index (χ0) is 12.5. The Morgan fingerprint density at radius 3 is 3.06 bits per heavy atom. The van der Waals surface area contributed by atoms with Crippen LogP contribution in [0.25, 0.3) is 0 Å². The number of anilines is 1. The number of nitrogens with zero attached hydrogens (tertiary/aromatic N) is 1. The summed E-state index contributed by atoms with van der Waals surface area (Å²) in [7, 11) is 0. The summed E-state index contributed by atoms with van der Waals surface area (Å²) in [6.45, 7) is 2.27. The van der Waals surface area contributed by atoms with E-state index in [0.29, 0.717) is 6.54 Å². The fourth-order valence-electron chi connectivity index (χ4n) is 2.43. The first kappa shape index (κ1) is 12.2. The maximum atomic E-state index is 12.1. The molecule has 1 heterocycles. The van der Waals surface area contributed by atoms with Crippen molar-refractivity contribution in [2.45, 2.75) is 19.3 Å². The molecule has 0 spiro atoms. The molecule has 0 radical (unpaired) electrons. The molecule has 18 heavy (non-hydrogen) atoms. The molecule has 0 atom stereocenters. The Bertz CT molecular complexity index is 471. The van der Waals surface area contributed by atoms with Crippen molar-refractivity contribution < 1.29 is 4.79 Å². The highest BCUT2D eigenvalue weighted by molar-refractivity contribution is 9.10. The first-order valence-electron chi connectivity index (χ1n) is 6.53. The van der Waals surface area contributed by atoms with Gasteiger partial charge in [-0.25, -0.2) is 0 Å². The second kappa shape index (κ2) is 5.02. The fraction of sp³-hybridized carbons (Fsp3) is 0.500. The number of carbonyl (C=O) groups is 1. The predicted molar refractivity (Wildman–Crippen MR) is 75.8 cm³/mol. The van der Waals surface area contributed by atoms with Crippen LogP contribution in [0.1, 0.15) is 18.4 Å². The van der Waals surface area contributed by atoms with E-state index in [9.17, 15) is 4.79 Å². The van der Waals surface area contributed by atoms with Gasteiger partial charge in [0.15, 0.2) is 0 Å². The van der Waals surface area contributed by atoms with Crippen molar-refractivity contribution >= 4 is 27.5 Å². The lowest BCUT2D eigenvalue weighted by Crippen LogP contribution is -2.37. The molecule has 1 aromatic carbocycles. The largest absolute Gasteiger partial charge is 0.311 e. The van der Waals surface area contributed by atoms with Crippen LogP contribution in [0.5, 0.6) is 0 Å². The van der Waals surface area contributed by atoms with Crippen LogP contribution in [0.2, 0.25) is 0 Å². The molecule has 1 amide bonds. The number of amides is 1. The molecule has 1 aromatic rings. The number of halogens is 1. The number of carbonyl (C=O) groups excluding carboxylic acids is 1. The lowest BCUT2D eigenvalue weighted by atomic mass is 10.2. The average molecular weight is 309 g/mol. The normalized spacial score (nSPS) is 17.9. The Labute approximate surface area is 116 Å². The molecule has 1 fully saturated rings. The third-order valence-electron chi connectivity index (χ3n) is 3.64.